The second kappa shape index (κ2) is 12.3. The van der Waals surface area contributed by atoms with Gasteiger partial charge in [-0.25, -0.2) is 8.42 Å². The molecule has 0 aliphatic heterocycles. The predicted octanol–water partition coefficient (Wildman–Crippen LogP) is 4.71. The zero-order chi connectivity index (χ0) is 27.2. The fourth-order valence-corrected chi connectivity index (χ4v) is 5.37. The standard InChI is InChI=1S/C28H32ClN3O4S/c1-5-30-28(34)22(4)31(18-23-12-14-24(29)15-13-23)27(33)19-32(25-16-11-20(2)21(3)17-25)37(35,36)26-9-7-6-8-10-26/h6-17,22H,5,18-19H2,1-4H3,(H,30,34)/t22-/m1/s1. The van der Waals surface area contributed by atoms with Gasteiger partial charge in [-0.2, -0.15) is 0 Å². The molecule has 0 fully saturated rings. The fraction of sp³-hybridized carbons (Fsp3) is 0.286. The molecule has 0 heterocycles. The van der Waals surface area contributed by atoms with Gasteiger partial charge < -0.3 is 10.2 Å². The lowest BCUT2D eigenvalue weighted by Gasteiger charge is -2.32. The Hall–Kier alpha value is -3.36. The lowest BCUT2D eigenvalue weighted by atomic mass is 10.1. The molecule has 0 aliphatic carbocycles. The number of nitrogens with zero attached hydrogens (tertiary/aromatic N) is 2. The number of halogens is 1. The maximum absolute atomic E-state index is 13.8. The molecule has 196 valence electrons. The minimum atomic E-state index is -4.08. The number of aryl methyl sites for hydroxylation is 2. The summed E-state index contributed by atoms with van der Waals surface area (Å²) in [5.41, 5.74) is 3.03. The molecular weight excluding hydrogens is 510 g/mol. The van der Waals surface area contributed by atoms with Gasteiger partial charge in [0.05, 0.1) is 10.6 Å². The number of carbonyl (C=O) groups excluding carboxylic acids is 2. The van der Waals surface area contributed by atoms with Crippen LogP contribution in [0.15, 0.2) is 77.7 Å². The van der Waals surface area contributed by atoms with Gasteiger partial charge in [0, 0.05) is 18.1 Å². The van der Waals surface area contributed by atoms with E-state index in [1.54, 1.807) is 68.4 Å². The zero-order valence-electron chi connectivity index (χ0n) is 21.4. The van der Waals surface area contributed by atoms with Crippen LogP contribution >= 0.6 is 11.6 Å². The highest BCUT2D eigenvalue weighted by Crippen LogP contribution is 2.26. The van der Waals surface area contributed by atoms with Gasteiger partial charge in [-0.05, 0) is 80.8 Å². The van der Waals surface area contributed by atoms with Crippen LogP contribution in [0.3, 0.4) is 0 Å². The maximum atomic E-state index is 13.8. The first-order valence-corrected chi connectivity index (χ1v) is 13.8. The Morgan fingerprint density at radius 3 is 2.19 bits per heavy atom. The molecule has 7 nitrogen and oxygen atoms in total. The number of anilines is 1. The molecule has 0 bridgehead atoms. The molecule has 1 N–H and O–H groups in total. The molecule has 3 aromatic carbocycles. The van der Waals surface area contributed by atoms with E-state index < -0.39 is 28.5 Å². The van der Waals surface area contributed by atoms with Crippen molar-refractivity contribution in [2.75, 3.05) is 17.4 Å². The normalized spacial score (nSPS) is 12.0. The summed E-state index contributed by atoms with van der Waals surface area (Å²) in [4.78, 5) is 28.0. The average molecular weight is 542 g/mol. The van der Waals surface area contributed by atoms with Crippen LogP contribution in [0.1, 0.15) is 30.5 Å². The van der Waals surface area contributed by atoms with Crippen molar-refractivity contribution < 1.29 is 18.0 Å². The van der Waals surface area contributed by atoms with Crippen LogP contribution < -0.4 is 9.62 Å². The highest BCUT2D eigenvalue weighted by molar-refractivity contribution is 7.92. The molecule has 37 heavy (non-hydrogen) atoms. The van der Waals surface area contributed by atoms with Crippen LogP contribution in [-0.2, 0) is 26.2 Å². The van der Waals surface area contributed by atoms with E-state index in [4.69, 9.17) is 11.6 Å². The van der Waals surface area contributed by atoms with Gasteiger partial charge in [0.1, 0.15) is 12.6 Å². The molecule has 0 saturated heterocycles. The van der Waals surface area contributed by atoms with Gasteiger partial charge in [0.2, 0.25) is 11.8 Å². The largest absolute Gasteiger partial charge is 0.355 e. The van der Waals surface area contributed by atoms with Gasteiger partial charge in [-0.3, -0.25) is 13.9 Å². The van der Waals surface area contributed by atoms with Crippen LogP contribution in [0.5, 0.6) is 0 Å². The molecule has 2 amide bonds. The molecular formula is C28H32ClN3O4S. The Bertz CT molecular complexity index is 1350. The molecule has 0 spiro atoms. The van der Waals surface area contributed by atoms with Crippen molar-refractivity contribution >= 4 is 39.1 Å². The summed E-state index contributed by atoms with van der Waals surface area (Å²) in [5, 5.41) is 3.29. The average Bonchev–Trinajstić information content (AvgIpc) is 2.88. The summed E-state index contributed by atoms with van der Waals surface area (Å²) >= 11 is 6.02. The highest BCUT2D eigenvalue weighted by atomic mass is 35.5. The topological polar surface area (TPSA) is 86.8 Å². The third-order valence-electron chi connectivity index (χ3n) is 6.17. The first kappa shape index (κ1) is 28.2. The van der Waals surface area contributed by atoms with Crippen LogP contribution in [0.25, 0.3) is 0 Å². The minimum absolute atomic E-state index is 0.0713. The Morgan fingerprint density at radius 1 is 0.946 bits per heavy atom. The molecule has 1 atom stereocenters. The van der Waals surface area contributed by atoms with Crippen molar-refractivity contribution in [3.63, 3.8) is 0 Å². The highest BCUT2D eigenvalue weighted by Gasteiger charge is 2.32. The van der Waals surface area contributed by atoms with Crippen molar-refractivity contribution in [3.8, 4) is 0 Å². The summed E-state index contributed by atoms with van der Waals surface area (Å²) in [6.07, 6.45) is 0. The van der Waals surface area contributed by atoms with E-state index >= 15 is 0 Å². The van der Waals surface area contributed by atoms with Gasteiger partial charge in [-0.15, -0.1) is 0 Å². The number of nitrogens with one attached hydrogen (secondary N) is 1. The molecule has 0 saturated carbocycles. The van der Waals surface area contributed by atoms with E-state index in [0.29, 0.717) is 17.3 Å². The first-order valence-electron chi connectivity index (χ1n) is 12.0. The number of hydrogen-bond acceptors (Lipinski definition) is 4. The van der Waals surface area contributed by atoms with Gasteiger partial charge in [-0.1, -0.05) is 48.0 Å². The summed E-state index contributed by atoms with van der Waals surface area (Å²) < 4.78 is 28.6. The van der Waals surface area contributed by atoms with Crippen molar-refractivity contribution in [2.45, 2.75) is 45.2 Å². The number of amides is 2. The van der Waals surface area contributed by atoms with Gasteiger partial charge in [0.25, 0.3) is 10.0 Å². The van der Waals surface area contributed by atoms with E-state index in [1.807, 2.05) is 19.9 Å². The lowest BCUT2D eigenvalue weighted by Crippen LogP contribution is -2.51. The van der Waals surface area contributed by atoms with E-state index in [1.165, 1.54) is 17.0 Å². The lowest BCUT2D eigenvalue weighted by molar-refractivity contribution is -0.139. The van der Waals surface area contributed by atoms with E-state index in [0.717, 1.165) is 21.0 Å². The van der Waals surface area contributed by atoms with Gasteiger partial charge in [0.15, 0.2) is 0 Å². The Balaban J connectivity index is 2.03. The molecule has 0 unspecified atom stereocenters. The van der Waals surface area contributed by atoms with Crippen LogP contribution in [-0.4, -0.2) is 44.3 Å². The first-order chi connectivity index (χ1) is 17.5. The Morgan fingerprint density at radius 2 is 1.59 bits per heavy atom. The summed E-state index contributed by atoms with van der Waals surface area (Å²) in [5.74, 6) is -0.833. The second-order valence-corrected chi connectivity index (χ2v) is 11.1. The molecule has 3 rings (SSSR count). The maximum Gasteiger partial charge on any atom is 0.264 e. The monoisotopic (exact) mass is 541 g/mol. The zero-order valence-corrected chi connectivity index (χ0v) is 23.0. The molecule has 0 aromatic heterocycles. The van der Waals surface area contributed by atoms with Crippen LogP contribution in [0.2, 0.25) is 5.02 Å². The third kappa shape index (κ3) is 6.90. The third-order valence-corrected chi connectivity index (χ3v) is 8.21. The SMILES string of the molecule is CCNC(=O)[C@@H](C)N(Cc1ccc(Cl)cc1)C(=O)CN(c1ccc(C)c(C)c1)S(=O)(=O)c1ccccc1. The molecule has 9 heteroatoms. The van der Waals surface area contributed by atoms with Crippen molar-refractivity contribution in [2.24, 2.45) is 0 Å². The number of hydrogen-bond donors (Lipinski definition) is 1. The molecule has 0 radical (unpaired) electrons. The Kier molecular flexibility index (Phi) is 9.34. The quantitative estimate of drug-likeness (QED) is 0.403. The number of likely N-dealkylation sites (N-methyl/N-ethyl adjacent to an activating group) is 1. The summed E-state index contributed by atoms with van der Waals surface area (Å²) in [6.45, 7) is 7.29. The van der Waals surface area contributed by atoms with E-state index in [2.05, 4.69) is 5.32 Å². The number of sulfonamides is 1. The van der Waals surface area contributed by atoms with Crippen molar-refractivity contribution in [3.05, 3.63) is 94.5 Å². The molecule has 3 aromatic rings. The van der Waals surface area contributed by atoms with Crippen molar-refractivity contribution in [1.29, 1.82) is 0 Å². The summed E-state index contributed by atoms with van der Waals surface area (Å²) in [7, 11) is -4.08. The minimum Gasteiger partial charge on any atom is -0.355 e. The molecule has 0 aliphatic rings. The fourth-order valence-electron chi connectivity index (χ4n) is 3.82. The number of rotatable bonds is 10. The Labute approximate surface area is 224 Å². The summed E-state index contributed by atoms with van der Waals surface area (Å²) in [6, 6.07) is 19.4. The number of carbonyl (C=O) groups is 2. The second-order valence-electron chi connectivity index (χ2n) is 8.81. The van der Waals surface area contributed by atoms with Crippen molar-refractivity contribution in [1.82, 2.24) is 10.2 Å². The van der Waals surface area contributed by atoms with Crippen LogP contribution in [0.4, 0.5) is 5.69 Å². The van der Waals surface area contributed by atoms with E-state index in [-0.39, 0.29) is 17.3 Å². The van der Waals surface area contributed by atoms with Gasteiger partial charge >= 0.3 is 0 Å². The van der Waals surface area contributed by atoms with Crippen LogP contribution in [0, 0.1) is 13.8 Å². The predicted molar refractivity (Wildman–Crippen MR) is 147 cm³/mol. The number of benzene rings is 3. The van der Waals surface area contributed by atoms with E-state index in [9.17, 15) is 18.0 Å². The smallest absolute Gasteiger partial charge is 0.264 e.